The van der Waals surface area contributed by atoms with Crippen molar-refractivity contribution in [1.82, 2.24) is 4.31 Å². The smallest absolute Gasteiger partial charge is 0.243 e. The second-order valence-electron chi connectivity index (χ2n) is 5.01. The normalized spacial score (nSPS) is 24.6. The van der Waals surface area contributed by atoms with Crippen LogP contribution in [-0.4, -0.2) is 37.0 Å². The van der Waals surface area contributed by atoms with Crippen molar-refractivity contribution in [1.29, 1.82) is 0 Å². The van der Waals surface area contributed by atoms with Crippen LogP contribution in [0.1, 0.15) is 25.7 Å². The molecule has 2 rings (SSSR count). The number of hydrogen-bond acceptors (Lipinski definition) is 4. The fraction of sp³-hybridized carbons (Fsp3) is 0.538. The molecule has 3 N–H and O–H groups in total. The molecule has 0 spiro atoms. The summed E-state index contributed by atoms with van der Waals surface area (Å²) >= 11 is 0. The van der Waals surface area contributed by atoms with Gasteiger partial charge in [0.1, 0.15) is 0 Å². The van der Waals surface area contributed by atoms with Gasteiger partial charge in [-0.1, -0.05) is 18.9 Å². The summed E-state index contributed by atoms with van der Waals surface area (Å²) in [5.41, 5.74) is 6.04. The zero-order valence-electron chi connectivity index (χ0n) is 11.0. The summed E-state index contributed by atoms with van der Waals surface area (Å²) in [6.45, 7) is 0. The quantitative estimate of drug-likeness (QED) is 0.817. The molecule has 0 aliphatic heterocycles. The maximum Gasteiger partial charge on any atom is 0.243 e. The lowest BCUT2D eigenvalue weighted by Gasteiger charge is -2.34. The number of benzene rings is 1. The fourth-order valence-corrected chi connectivity index (χ4v) is 4.01. The fourth-order valence-electron chi connectivity index (χ4n) is 2.54. The molecule has 106 valence electrons. The number of likely N-dealkylation sites (N-methyl/N-ethyl adjacent to an activating group) is 1. The maximum absolute atomic E-state index is 12.5. The molecule has 1 aliphatic rings. The molecular formula is C13H20N2O3S. The highest BCUT2D eigenvalue weighted by molar-refractivity contribution is 7.89. The number of sulfonamides is 1. The van der Waals surface area contributed by atoms with Gasteiger partial charge in [-0.2, -0.15) is 4.31 Å². The highest BCUT2D eigenvalue weighted by Crippen LogP contribution is 2.27. The number of hydrogen-bond donors (Lipinski definition) is 2. The summed E-state index contributed by atoms with van der Waals surface area (Å²) in [6, 6.07) is 5.89. The molecule has 19 heavy (non-hydrogen) atoms. The van der Waals surface area contributed by atoms with Crippen molar-refractivity contribution >= 4 is 15.7 Å². The van der Waals surface area contributed by atoms with Crippen molar-refractivity contribution in [2.24, 2.45) is 0 Å². The van der Waals surface area contributed by atoms with E-state index >= 15 is 0 Å². The van der Waals surface area contributed by atoms with Crippen LogP contribution in [0.2, 0.25) is 0 Å². The lowest BCUT2D eigenvalue weighted by Crippen LogP contribution is -2.46. The van der Waals surface area contributed by atoms with E-state index in [-0.39, 0.29) is 10.9 Å². The molecule has 0 saturated heterocycles. The maximum atomic E-state index is 12.5. The first kappa shape index (κ1) is 14.3. The third-order valence-corrected chi connectivity index (χ3v) is 5.57. The van der Waals surface area contributed by atoms with Crippen LogP contribution in [0.5, 0.6) is 0 Å². The van der Waals surface area contributed by atoms with Gasteiger partial charge >= 0.3 is 0 Å². The Morgan fingerprint density at radius 3 is 2.63 bits per heavy atom. The Labute approximate surface area is 114 Å². The highest BCUT2D eigenvalue weighted by Gasteiger charge is 2.34. The summed E-state index contributed by atoms with van der Waals surface area (Å²) in [5, 5.41) is 9.97. The van der Waals surface area contributed by atoms with Gasteiger partial charge in [0.15, 0.2) is 0 Å². The Balaban J connectivity index is 2.28. The van der Waals surface area contributed by atoms with E-state index in [2.05, 4.69) is 0 Å². The van der Waals surface area contributed by atoms with Crippen LogP contribution < -0.4 is 5.73 Å². The van der Waals surface area contributed by atoms with Gasteiger partial charge in [0, 0.05) is 12.7 Å². The van der Waals surface area contributed by atoms with E-state index in [1.807, 2.05) is 0 Å². The first-order valence-electron chi connectivity index (χ1n) is 6.44. The molecule has 0 heterocycles. The van der Waals surface area contributed by atoms with Gasteiger partial charge in [-0.3, -0.25) is 0 Å². The first-order valence-corrected chi connectivity index (χ1v) is 7.88. The van der Waals surface area contributed by atoms with Crippen LogP contribution in [0, 0.1) is 0 Å². The molecule has 2 unspecified atom stereocenters. The second kappa shape index (κ2) is 5.48. The molecule has 1 aromatic carbocycles. The number of anilines is 1. The van der Waals surface area contributed by atoms with Gasteiger partial charge < -0.3 is 10.8 Å². The van der Waals surface area contributed by atoms with Crippen LogP contribution in [0.4, 0.5) is 5.69 Å². The average Bonchev–Trinajstić information content (AvgIpc) is 2.38. The number of rotatable bonds is 3. The first-order chi connectivity index (χ1) is 8.93. The third kappa shape index (κ3) is 2.91. The highest BCUT2D eigenvalue weighted by atomic mass is 32.2. The molecule has 0 bridgehead atoms. The molecule has 0 radical (unpaired) electrons. The number of nitrogens with two attached hydrogens (primary N) is 1. The second-order valence-corrected chi connectivity index (χ2v) is 7.01. The third-order valence-electron chi connectivity index (χ3n) is 3.70. The van der Waals surface area contributed by atoms with Crippen molar-refractivity contribution < 1.29 is 13.5 Å². The molecule has 0 amide bonds. The number of aliphatic hydroxyl groups excluding tert-OH is 1. The van der Waals surface area contributed by atoms with Crippen molar-refractivity contribution in [3.63, 3.8) is 0 Å². The van der Waals surface area contributed by atoms with Crippen molar-refractivity contribution in [3.05, 3.63) is 24.3 Å². The van der Waals surface area contributed by atoms with Crippen molar-refractivity contribution in [3.8, 4) is 0 Å². The Morgan fingerprint density at radius 1 is 1.32 bits per heavy atom. The summed E-state index contributed by atoms with van der Waals surface area (Å²) in [4.78, 5) is 0.174. The lowest BCUT2D eigenvalue weighted by molar-refractivity contribution is 0.0638. The van der Waals surface area contributed by atoms with Crippen LogP contribution in [-0.2, 0) is 10.0 Å². The van der Waals surface area contributed by atoms with Gasteiger partial charge in [0.25, 0.3) is 0 Å². The summed E-state index contributed by atoms with van der Waals surface area (Å²) < 4.78 is 26.3. The van der Waals surface area contributed by atoms with Crippen LogP contribution in [0.15, 0.2) is 29.2 Å². The van der Waals surface area contributed by atoms with Gasteiger partial charge in [0.05, 0.1) is 17.0 Å². The molecule has 1 fully saturated rings. The predicted molar refractivity (Wildman–Crippen MR) is 74.1 cm³/mol. The molecule has 1 saturated carbocycles. The number of aliphatic hydroxyl groups is 1. The van der Waals surface area contributed by atoms with E-state index < -0.39 is 16.1 Å². The zero-order chi connectivity index (χ0) is 14.0. The number of nitrogens with zero attached hydrogens (tertiary/aromatic N) is 1. The van der Waals surface area contributed by atoms with Gasteiger partial charge in [-0.05, 0) is 31.0 Å². The Kier molecular flexibility index (Phi) is 4.13. The van der Waals surface area contributed by atoms with E-state index in [1.165, 1.54) is 23.5 Å². The van der Waals surface area contributed by atoms with E-state index in [4.69, 9.17) is 5.73 Å². The number of nitrogen functional groups attached to an aromatic ring is 1. The lowest BCUT2D eigenvalue weighted by atomic mass is 9.93. The molecular weight excluding hydrogens is 264 g/mol. The molecule has 2 atom stereocenters. The van der Waals surface area contributed by atoms with Crippen molar-refractivity contribution in [2.75, 3.05) is 12.8 Å². The minimum atomic E-state index is -3.60. The monoisotopic (exact) mass is 284 g/mol. The van der Waals surface area contributed by atoms with E-state index in [1.54, 1.807) is 12.1 Å². The molecule has 0 aromatic heterocycles. The Hall–Kier alpha value is -1.11. The molecule has 5 nitrogen and oxygen atoms in total. The molecule has 1 aromatic rings. The minimum absolute atomic E-state index is 0.174. The summed E-state index contributed by atoms with van der Waals surface area (Å²) in [6.07, 6.45) is 2.65. The average molecular weight is 284 g/mol. The van der Waals surface area contributed by atoms with E-state index in [0.717, 1.165) is 12.8 Å². The summed E-state index contributed by atoms with van der Waals surface area (Å²) in [7, 11) is -2.08. The van der Waals surface area contributed by atoms with Crippen LogP contribution in [0.3, 0.4) is 0 Å². The Bertz CT molecular complexity index is 545. The van der Waals surface area contributed by atoms with Crippen molar-refractivity contribution in [2.45, 2.75) is 42.7 Å². The zero-order valence-corrected chi connectivity index (χ0v) is 11.8. The molecule has 6 heteroatoms. The van der Waals surface area contributed by atoms with Gasteiger partial charge in [0.2, 0.25) is 10.0 Å². The SMILES string of the molecule is CN(C1CCCCC1O)S(=O)(=O)c1cccc(N)c1. The van der Waals surface area contributed by atoms with Gasteiger partial charge in [-0.15, -0.1) is 0 Å². The largest absolute Gasteiger partial charge is 0.399 e. The Morgan fingerprint density at radius 2 is 2.00 bits per heavy atom. The van der Waals surface area contributed by atoms with E-state index in [0.29, 0.717) is 18.5 Å². The predicted octanol–water partition coefficient (Wildman–Crippen LogP) is 1.19. The standard InChI is InChI=1S/C13H20N2O3S/c1-15(12-7-2-3-8-13(12)16)19(17,18)11-6-4-5-10(14)9-11/h4-6,9,12-13,16H,2-3,7-8,14H2,1H3. The van der Waals surface area contributed by atoms with Gasteiger partial charge in [-0.25, -0.2) is 8.42 Å². The minimum Gasteiger partial charge on any atom is -0.399 e. The molecule has 1 aliphatic carbocycles. The topological polar surface area (TPSA) is 83.6 Å². The van der Waals surface area contributed by atoms with E-state index in [9.17, 15) is 13.5 Å². The van der Waals surface area contributed by atoms with Crippen LogP contribution in [0.25, 0.3) is 0 Å². The summed E-state index contributed by atoms with van der Waals surface area (Å²) in [5.74, 6) is 0. The van der Waals surface area contributed by atoms with Crippen LogP contribution >= 0.6 is 0 Å².